The molecule has 0 aliphatic rings. The fourth-order valence-electron chi connectivity index (χ4n) is 2.07. The van der Waals surface area contributed by atoms with Crippen molar-refractivity contribution in [3.05, 3.63) is 46.9 Å². The van der Waals surface area contributed by atoms with Crippen molar-refractivity contribution in [1.29, 1.82) is 0 Å². The fourth-order valence-corrected chi connectivity index (χ4v) is 2.23. The lowest BCUT2D eigenvalue weighted by molar-refractivity contribution is 0.416. The van der Waals surface area contributed by atoms with E-state index in [1.807, 2.05) is 13.0 Å². The van der Waals surface area contributed by atoms with Crippen LogP contribution in [0.3, 0.4) is 0 Å². The van der Waals surface area contributed by atoms with Gasteiger partial charge in [0.1, 0.15) is 17.3 Å². The Balaban J connectivity index is 2.29. The topological polar surface area (TPSA) is 25.2 Å². The minimum absolute atomic E-state index is 0.161. The molecular formula is C15H17ClFNO. The van der Waals surface area contributed by atoms with Gasteiger partial charge in [0, 0.05) is 5.02 Å². The largest absolute Gasteiger partial charge is 0.459 e. The number of hydrogen-bond donors (Lipinski definition) is 1. The third-order valence-electron chi connectivity index (χ3n) is 3.03. The molecule has 19 heavy (non-hydrogen) atoms. The van der Waals surface area contributed by atoms with Crippen molar-refractivity contribution in [3.63, 3.8) is 0 Å². The number of nitrogens with one attached hydrogen (secondary N) is 1. The van der Waals surface area contributed by atoms with E-state index in [-0.39, 0.29) is 11.9 Å². The van der Waals surface area contributed by atoms with Crippen molar-refractivity contribution in [2.75, 3.05) is 6.54 Å². The molecule has 1 unspecified atom stereocenters. The highest BCUT2D eigenvalue weighted by Gasteiger charge is 2.15. The summed E-state index contributed by atoms with van der Waals surface area (Å²) in [5.41, 5.74) is 0.432. The van der Waals surface area contributed by atoms with Gasteiger partial charge in [-0.05, 0) is 43.3 Å². The summed E-state index contributed by atoms with van der Waals surface area (Å²) in [4.78, 5) is 0. The van der Waals surface area contributed by atoms with E-state index in [9.17, 15) is 4.39 Å². The monoisotopic (exact) mass is 281 g/mol. The molecule has 0 spiro atoms. The molecule has 102 valence electrons. The minimum Gasteiger partial charge on any atom is -0.459 e. The first kappa shape index (κ1) is 14.1. The van der Waals surface area contributed by atoms with Crippen LogP contribution in [0, 0.1) is 5.82 Å². The second-order valence-corrected chi connectivity index (χ2v) is 4.78. The van der Waals surface area contributed by atoms with Gasteiger partial charge in [0.25, 0.3) is 0 Å². The Kier molecular flexibility index (Phi) is 4.61. The quantitative estimate of drug-likeness (QED) is 0.851. The lowest BCUT2D eigenvalue weighted by atomic mass is 10.1. The molecule has 0 amide bonds. The first-order chi connectivity index (χ1) is 9.15. The van der Waals surface area contributed by atoms with E-state index in [1.54, 1.807) is 18.2 Å². The molecule has 4 heteroatoms. The first-order valence-corrected chi connectivity index (χ1v) is 6.82. The molecule has 1 atom stereocenters. The number of benzene rings is 1. The Morgan fingerprint density at radius 3 is 2.68 bits per heavy atom. The maximum atomic E-state index is 13.8. The van der Waals surface area contributed by atoms with E-state index in [2.05, 4.69) is 12.2 Å². The Bertz CT molecular complexity index is 553. The molecule has 1 aromatic heterocycles. The van der Waals surface area contributed by atoms with Gasteiger partial charge in [-0.15, -0.1) is 0 Å². The van der Waals surface area contributed by atoms with Crippen LogP contribution in [0.2, 0.25) is 5.02 Å². The highest BCUT2D eigenvalue weighted by atomic mass is 35.5. The van der Waals surface area contributed by atoms with Crippen molar-refractivity contribution >= 4 is 11.6 Å². The molecule has 1 aromatic carbocycles. The van der Waals surface area contributed by atoms with Crippen molar-refractivity contribution in [2.45, 2.75) is 26.3 Å². The van der Waals surface area contributed by atoms with E-state index in [0.29, 0.717) is 16.3 Å². The van der Waals surface area contributed by atoms with Gasteiger partial charge in [-0.3, -0.25) is 0 Å². The summed E-state index contributed by atoms with van der Waals surface area (Å²) in [5, 5.41) is 3.71. The smallest absolute Gasteiger partial charge is 0.137 e. The van der Waals surface area contributed by atoms with Gasteiger partial charge in [0.15, 0.2) is 0 Å². The molecule has 2 nitrogen and oxygen atoms in total. The summed E-state index contributed by atoms with van der Waals surface area (Å²) in [7, 11) is 0. The van der Waals surface area contributed by atoms with Crippen LogP contribution in [0.4, 0.5) is 4.39 Å². The van der Waals surface area contributed by atoms with Crippen LogP contribution >= 0.6 is 11.6 Å². The summed E-state index contributed by atoms with van der Waals surface area (Å²) in [6.07, 6.45) is 0.921. The Morgan fingerprint density at radius 2 is 2.05 bits per heavy atom. The van der Waals surface area contributed by atoms with Gasteiger partial charge in [0.05, 0.1) is 11.6 Å². The van der Waals surface area contributed by atoms with Crippen LogP contribution in [0.1, 0.15) is 32.1 Å². The van der Waals surface area contributed by atoms with Gasteiger partial charge in [-0.2, -0.15) is 0 Å². The number of furan rings is 1. The third kappa shape index (κ3) is 3.17. The van der Waals surface area contributed by atoms with E-state index < -0.39 is 0 Å². The average molecular weight is 282 g/mol. The van der Waals surface area contributed by atoms with Crippen LogP contribution in [0.25, 0.3) is 11.3 Å². The fraction of sp³-hybridized carbons (Fsp3) is 0.333. The molecule has 0 fully saturated rings. The first-order valence-electron chi connectivity index (χ1n) is 6.44. The zero-order chi connectivity index (χ0) is 13.8. The normalized spacial score (nSPS) is 12.6. The maximum Gasteiger partial charge on any atom is 0.137 e. The standard InChI is InChI=1S/C15H17ClFNO/c1-3-13(18-4-2)15-8-7-14(19-15)11-6-5-10(16)9-12(11)17/h5-9,13,18H,3-4H2,1-2H3. The van der Waals surface area contributed by atoms with Crippen LogP contribution in [-0.2, 0) is 0 Å². The van der Waals surface area contributed by atoms with E-state index in [0.717, 1.165) is 18.7 Å². The predicted molar refractivity (Wildman–Crippen MR) is 75.8 cm³/mol. The minimum atomic E-state index is -0.370. The van der Waals surface area contributed by atoms with Gasteiger partial charge >= 0.3 is 0 Å². The highest BCUT2D eigenvalue weighted by molar-refractivity contribution is 6.30. The van der Waals surface area contributed by atoms with Crippen molar-refractivity contribution < 1.29 is 8.81 Å². The van der Waals surface area contributed by atoms with Crippen molar-refractivity contribution in [2.24, 2.45) is 0 Å². The zero-order valence-corrected chi connectivity index (χ0v) is 11.8. The molecule has 2 aromatic rings. The van der Waals surface area contributed by atoms with E-state index in [4.69, 9.17) is 16.0 Å². The Morgan fingerprint density at radius 1 is 1.26 bits per heavy atom. The second kappa shape index (κ2) is 6.22. The van der Waals surface area contributed by atoms with Gasteiger partial charge in [-0.25, -0.2) is 4.39 Å². The predicted octanol–water partition coefficient (Wildman–Crippen LogP) is 4.80. The highest BCUT2D eigenvalue weighted by Crippen LogP contribution is 2.29. The average Bonchev–Trinajstić information content (AvgIpc) is 2.85. The lowest BCUT2D eigenvalue weighted by Crippen LogP contribution is -2.19. The molecule has 0 radical (unpaired) electrons. The summed E-state index contributed by atoms with van der Waals surface area (Å²) < 4.78 is 19.6. The molecule has 0 bridgehead atoms. The molecule has 0 saturated carbocycles. The number of hydrogen-bond acceptors (Lipinski definition) is 2. The van der Waals surface area contributed by atoms with Crippen LogP contribution in [-0.4, -0.2) is 6.54 Å². The van der Waals surface area contributed by atoms with Crippen LogP contribution in [0.15, 0.2) is 34.7 Å². The number of halogens is 2. The summed E-state index contributed by atoms with van der Waals surface area (Å²) in [6, 6.07) is 8.43. The molecule has 1 N–H and O–H groups in total. The Hall–Kier alpha value is -1.32. The van der Waals surface area contributed by atoms with Gasteiger partial charge < -0.3 is 9.73 Å². The summed E-state index contributed by atoms with van der Waals surface area (Å²) >= 11 is 5.74. The summed E-state index contributed by atoms with van der Waals surface area (Å²) in [5.74, 6) is 0.985. The van der Waals surface area contributed by atoms with Crippen LogP contribution in [0.5, 0.6) is 0 Å². The molecule has 1 heterocycles. The third-order valence-corrected chi connectivity index (χ3v) is 3.26. The van der Waals surface area contributed by atoms with Crippen molar-refractivity contribution in [3.8, 4) is 11.3 Å². The molecule has 0 aliphatic carbocycles. The maximum absolute atomic E-state index is 13.8. The Labute approximate surface area is 117 Å². The summed E-state index contributed by atoms with van der Waals surface area (Å²) in [6.45, 7) is 4.99. The van der Waals surface area contributed by atoms with Gasteiger partial charge in [0.2, 0.25) is 0 Å². The molecule has 0 aliphatic heterocycles. The lowest BCUT2D eigenvalue weighted by Gasteiger charge is -2.12. The van der Waals surface area contributed by atoms with E-state index >= 15 is 0 Å². The zero-order valence-electron chi connectivity index (χ0n) is 11.0. The van der Waals surface area contributed by atoms with Crippen LogP contribution < -0.4 is 5.32 Å². The molecule has 0 saturated heterocycles. The second-order valence-electron chi connectivity index (χ2n) is 4.34. The van der Waals surface area contributed by atoms with E-state index in [1.165, 1.54) is 6.07 Å². The SMILES string of the molecule is CCNC(CC)c1ccc(-c2ccc(Cl)cc2F)o1. The van der Waals surface area contributed by atoms with Gasteiger partial charge in [-0.1, -0.05) is 25.4 Å². The molecular weight excluding hydrogens is 265 g/mol. The van der Waals surface area contributed by atoms with Crippen molar-refractivity contribution in [1.82, 2.24) is 5.32 Å². The molecule has 2 rings (SSSR count). The number of rotatable bonds is 5.